The lowest BCUT2D eigenvalue weighted by Gasteiger charge is -2.37. The van der Waals surface area contributed by atoms with Crippen molar-refractivity contribution in [3.63, 3.8) is 0 Å². The summed E-state index contributed by atoms with van der Waals surface area (Å²) in [5, 5.41) is 0.637. The summed E-state index contributed by atoms with van der Waals surface area (Å²) in [5.41, 5.74) is 1.23. The first-order valence-electron chi connectivity index (χ1n) is 20.8. The number of sulfone groups is 1. The molecule has 7 nitrogen and oxygen atoms in total. The third kappa shape index (κ3) is 9.03. The lowest BCUT2D eigenvalue weighted by molar-refractivity contribution is -0.141. The van der Waals surface area contributed by atoms with Crippen LogP contribution in [-0.2, 0) is 19.4 Å². The highest BCUT2D eigenvalue weighted by atomic mass is 32.2. The molecule has 288 valence electrons. The largest absolute Gasteiger partial charge is 0.425 e. The van der Waals surface area contributed by atoms with E-state index < -0.39 is 9.84 Å². The number of carbonyl (C=O) groups excluding carboxylic acids is 2. The molecule has 0 aliphatic heterocycles. The first-order valence-corrected chi connectivity index (χ1v) is 23.5. The van der Waals surface area contributed by atoms with Gasteiger partial charge in [-0.05, 0) is 137 Å². The molecule has 0 N–H and O–H groups in total. The Kier molecular flexibility index (Phi) is 12.3. The zero-order chi connectivity index (χ0) is 37.1. The molecule has 1 aromatic heterocycles. The van der Waals surface area contributed by atoms with Crippen LogP contribution in [-0.4, -0.2) is 31.6 Å². The molecule has 4 fully saturated rings. The van der Waals surface area contributed by atoms with Crippen molar-refractivity contribution in [2.45, 2.75) is 134 Å². The molecule has 4 aliphatic carbocycles. The molecule has 3 aromatic rings. The molecule has 0 saturated heterocycles. The Labute approximate surface area is 320 Å². The minimum Gasteiger partial charge on any atom is -0.425 e. The number of hydrogen-bond donors (Lipinski definition) is 0. The Morgan fingerprint density at radius 1 is 0.623 bits per heavy atom. The van der Waals surface area contributed by atoms with Crippen molar-refractivity contribution < 1.29 is 27.5 Å². The second-order valence-corrected chi connectivity index (χ2v) is 20.0. The van der Waals surface area contributed by atoms with E-state index >= 15 is 0 Å². The molecule has 0 spiro atoms. The van der Waals surface area contributed by atoms with Gasteiger partial charge in [-0.25, -0.2) is 13.4 Å². The van der Waals surface area contributed by atoms with E-state index in [1.807, 2.05) is 0 Å². The molecular formula is C44H59NO6S2. The molecule has 1 heterocycles. The standard InChI is InChI=1S/C44H59NO6S2/c1-4-28-6-10-30(11-7-28)32-14-18-35(19-15-32)43(46)50-38-26-27-39(41-40(38)45-42(52-41)34-22-24-37(25-23-34)53(3,48)49)51-44(47)36-20-16-33(17-21-36)31-12-8-29(5-2)9-13-31/h22-33,35-36H,4-21H2,1-3H3/t28?,29?,30?,31?,32-,33-,35-,36-. The van der Waals surface area contributed by atoms with Crippen LogP contribution in [0.5, 0.6) is 11.5 Å². The molecule has 7 rings (SSSR count). The molecule has 9 heteroatoms. The number of fused-ring (bicyclic) bond motifs is 1. The van der Waals surface area contributed by atoms with Gasteiger partial charge < -0.3 is 9.47 Å². The zero-order valence-electron chi connectivity index (χ0n) is 32.0. The van der Waals surface area contributed by atoms with Crippen LogP contribution in [0.2, 0.25) is 0 Å². The van der Waals surface area contributed by atoms with Crippen LogP contribution in [0.4, 0.5) is 0 Å². The Bertz CT molecular complexity index is 1720. The number of esters is 2. The van der Waals surface area contributed by atoms with Crippen molar-refractivity contribution in [3.8, 4) is 22.1 Å². The van der Waals surface area contributed by atoms with Crippen LogP contribution < -0.4 is 9.47 Å². The molecule has 4 saturated carbocycles. The molecule has 0 unspecified atom stereocenters. The summed E-state index contributed by atoms with van der Waals surface area (Å²) < 4.78 is 37.2. The minimum atomic E-state index is -3.35. The maximum Gasteiger partial charge on any atom is 0.314 e. The summed E-state index contributed by atoms with van der Waals surface area (Å²) in [7, 11) is -3.35. The van der Waals surface area contributed by atoms with Gasteiger partial charge in [-0.15, -0.1) is 11.3 Å². The number of rotatable bonds is 10. The highest BCUT2D eigenvalue weighted by Crippen LogP contribution is 2.46. The van der Waals surface area contributed by atoms with E-state index in [4.69, 9.17) is 14.5 Å². The minimum absolute atomic E-state index is 0.126. The maximum atomic E-state index is 13.6. The Morgan fingerprint density at radius 3 is 1.47 bits per heavy atom. The molecule has 53 heavy (non-hydrogen) atoms. The van der Waals surface area contributed by atoms with E-state index in [-0.39, 0.29) is 28.7 Å². The van der Waals surface area contributed by atoms with Crippen LogP contribution in [0, 0.1) is 47.3 Å². The number of nitrogens with zero attached hydrogens (tertiary/aromatic N) is 1. The van der Waals surface area contributed by atoms with Crippen molar-refractivity contribution in [1.82, 2.24) is 4.98 Å². The van der Waals surface area contributed by atoms with E-state index in [9.17, 15) is 18.0 Å². The molecular weight excluding hydrogens is 703 g/mol. The van der Waals surface area contributed by atoms with Gasteiger partial charge in [0.25, 0.3) is 0 Å². The monoisotopic (exact) mass is 761 g/mol. The van der Waals surface area contributed by atoms with Crippen LogP contribution in [0.1, 0.15) is 129 Å². The van der Waals surface area contributed by atoms with E-state index in [1.165, 1.54) is 81.8 Å². The van der Waals surface area contributed by atoms with Crippen LogP contribution in [0.15, 0.2) is 41.3 Å². The van der Waals surface area contributed by atoms with Crippen LogP contribution >= 0.6 is 11.3 Å². The second-order valence-electron chi connectivity index (χ2n) is 17.0. The van der Waals surface area contributed by atoms with E-state index in [2.05, 4.69) is 13.8 Å². The van der Waals surface area contributed by atoms with E-state index in [0.717, 1.165) is 80.6 Å². The number of carbonyl (C=O) groups is 2. The number of ether oxygens (including phenoxy) is 2. The average Bonchev–Trinajstić information content (AvgIpc) is 3.65. The van der Waals surface area contributed by atoms with Crippen molar-refractivity contribution in [3.05, 3.63) is 36.4 Å². The number of aromatic nitrogens is 1. The summed E-state index contributed by atoms with van der Waals surface area (Å²) >= 11 is 1.37. The first kappa shape index (κ1) is 38.5. The highest BCUT2D eigenvalue weighted by molar-refractivity contribution is 7.90. The van der Waals surface area contributed by atoms with Crippen LogP contribution in [0.25, 0.3) is 20.8 Å². The molecule has 0 radical (unpaired) electrons. The van der Waals surface area contributed by atoms with Gasteiger partial charge in [0.15, 0.2) is 21.3 Å². The van der Waals surface area contributed by atoms with Gasteiger partial charge in [-0.1, -0.05) is 64.5 Å². The first-order chi connectivity index (χ1) is 25.6. The van der Waals surface area contributed by atoms with Crippen molar-refractivity contribution in [2.24, 2.45) is 47.3 Å². The SMILES string of the molecule is CCC1CCC([C@H]2CC[C@H](C(=O)Oc3ccc(OC(=O)[C@H]4CC[C@H](C5CCC(CC)CC5)CC4)c4sc(-c5ccc(S(C)(=O)=O)cc5)nc34)CC2)CC1. The van der Waals surface area contributed by atoms with Gasteiger partial charge in [0.1, 0.15) is 15.2 Å². The number of hydrogen-bond acceptors (Lipinski definition) is 8. The van der Waals surface area contributed by atoms with Crippen molar-refractivity contribution in [2.75, 3.05) is 6.26 Å². The van der Waals surface area contributed by atoms with E-state index in [0.29, 0.717) is 38.6 Å². The Morgan fingerprint density at radius 2 is 1.04 bits per heavy atom. The number of benzene rings is 2. The zero-order valence-corrected chi connectivity index (χ0v) is 33.7. The predicted octanol–water partition coefficient (Wildman–Crippen LogP) is 11.2. The summed E-state index contributed by atoms with van der Waals surface area (Å²) in [6, 6.07) is 10.1. The average molecular weight is 762 g/mol. The third-order valence-electron chi connectivity index (χ3n) is 13.9. The molecule has 2 aromatic carbocycles. The normalized spacial score (nSPS) is 29.8. The predicted molar refractivity (Wildman–Crippen MR) is 212 cm³/mol. The highest BCUT2D eigenvalue weighted by Gasteiger charge is 2.36. The van der Waals surface area contributed by atoms with Gasteiger partial charge in [0, 0.05) is 11.8 Å². The van der Waals surface area contributed by atoms with Gasteiger partial charge in [0.2, 0.25) is 0 Å². The van der Waals surface area contributed by atoms with Gasteiger partial charge >= 0.3 is 11.9 Å². The van der Waals surface area contributed by atoms with Crippen LogP contribution in [0.3, 0.4) is 0 Å². The fraction of sp³-hybridized carbons (Fsp3) is 0.659. The Hall–Kier alpha value is -2.78. The summed E-state index contributed by atoms with van der Waals surface area (Å²) in [6.45, 7) is 4.62. The lowest BCUT2D eigenvalue weighted by atomic mass is 9.69. The summed E-state index contributed by atoms with van der Waals surface area (Å²) in [6.07, 6.45) is 22.3. The summed E-state index contributed by atoms with van der Waals surface area (Å²) in [4.78, 5) is 32.4. The molecule has 4 aliphatic rings. The quantitative estimate of drug-likeness (QED) is 0.150. The van der Waals surface area contributed by atoms with E-state index in [1.54, 1.807) is 36.4 Å². The summed E-state index contributed by atoms with van der Waals surface area (Å²) in [5.74, 6) is 4.94. The fourth-order valence-electron chi connectivity index (χ4n) is 10.3. The van der Waals surface area contributed by atoms with Crippen molar-refractivity contribution >= 4 is 43.3 Å². The van der Waals surface area contributed by atoms with Gasteiger partial charge in [-0.3, -0.25) is 9.59 Å². The topological polar surface area (TPSA) is 99.6 Å². The number of thiazole rings is 1. The third-order valence-corrected chi connectivity index (χ3v) is 16.1. The smallest absolute Gasteiger partial charge is 0.314 e. The van der Waals surface area contributed by atoms with Gasteiger partial charge in [-0.2, -0.15) is 0 Å². The molecule has 0 amide bonds. The molecule has 0 atom stereocenters. The van der Waals surface area contributed by atoms with Gasteiger partial charge in [0.05, 0.1) is 16.7 Å². The fourth-order valence-corrected chi connectivity index (χ4v) is 11.9. The molecule has 0 bridgehead atoms. The second kappa shape index (κ2) is 16.9. The lowest BCUT2D eigenvalue weighted by Crippen LogP contribution is -2.30. The maximum absolute atomic E-state index is 13.6. The van der Waals surface area contributed by atoms with Crippen molar-refractivity contribution in [1.29, 1.82) is 0 Å². The Balaban J connectivity index is 1.05.